The highest BCUT2D eigenvalue weighted by atomic mass is 16.3. The van der Waals surface area contributed by atoms with Gasteiger partial charge < -0.3 is 9.32 Å². The van der Waals surface area contributed by atoms with E-state index in [2.05, 4.69) is 185 Å². The minimum atomic E-state index is -0.00526. The summed E-state index contributed by atoms with van der Waals surface area (Å²) in [5.41, 5.74) is 13.1. The lowest BCUT2D eigenvalue weighted by Crippen LogP contribution is -2.23. The van der Waals surface area contributed by atoms with Gasteiger partial charge in [0.2, 0.25) is 5.95 Å². The van der Waals surface area contributed by atoms with E-state index in [1.165, 1.54) is 38.7 Å². The van der Waals surface area contributed by atoms with Crippen LogP contribution in [0.3, 0.4) is 0 Å². The van der Waals surface area contributed by atoms with Crippen LogP contribution < -0.4 is 4.90 Å². The van der Waals surface area contributed by atoms with Crippen LogP contribution in [0.1, 0.15) is 28.8 Å². The molecule has 10 aromatic rings. The van der Waals surface area contributed by atoms with Gasteiger partial charge in [0, 0.05) is 44.3 Å². The van der Waals surface area contributed by atoms with Gasteiger partial charge in [-0.3, -0.25) is 4.57 Å². The third kappa shape index (κ3) is 4.41. The molecule has 2 unspecified atom stereocenters. The molecule has 0 fully saturated rings. The summed E-state index contributed by atoms with van der Waals surface area (Å²) in [7, 11) is 0. The second-order valence-corrected chi connectivity index (χ2v) is 14.5. The van der Waals surface area contributed by atoms with Crippen molar-refractivity contribution in [2.45, 2.75) is 12.0 Å². The highest BCUT2D eigenvalue weighted by Gasteiger charge is 2.45. The number of rotatable bonds is 4. The van der Waals surface area contributed by atoms with E-state index >= 15 is 0 Å². The molecule has 4 heterocycles. The number of anilines is 2. The lowest BCUT2D eigenvalue weighted by molar-refractivity contribution is 0.573. The van der Waals surface area contributed by atoms with Gasteiger partial charge in [0.25, 0.3) is 0 Å². The van der Waals surface area contributed by atoms with Crippen LogP contribution in [0.4, 0.5) is 11.4 Å². The van der Waals surface area contributed by atoms with Crippen molar-refractivity contribution in [3.63, 3.8) is 0 Å². The van der Waals surface area contributed by atoms with Gasteiger partial charge in [-0.05, 0) is 53.1 Å². The van der Waals surface area contributed by atoms with E-state index in [0.29, 0.717) is 5.95 Å². The zero-order valence-corrected chi connectivity index (χ0v) is 29.7. The van der Waals surface area contributed by atoms with E-state index < -0.39 is 0 Å². The molecule has 55 heavy (non-hydrogen) atoms. The lowest BCUT2D eigenvalue weighted by Gasteiger charge is -2.32. The van der Waals surface area contributed by atoms with Gasteiger partial charge in [-0.2, -0.15) is 0 Å². The van der Waals surface area contributed by atoms with Crippen LogP contribution in [-0.4, -0.2) is 14.5 Å². The van der Waals surface area contributed by atoms with Crippen molar-refractivity contribution in [1.82, 2.24) is 14.5 Å². The van der Waals surface area contributed by atoms with Crippen LogP contribution in [0.5, 0.6) is 0 Å². The number of hydrogen-bond donors (Lipinski definition) is 0. The summed E-state index contributed by atoms with van der Waals surface area (Å²) in [4.78, 5) is 13.4. The largest absolute Gasteiger partial charge is 0.456 e. The first kappa shape index (κ1) is 30.2. The van der Waals surface area contributed by atoms with Crippen molar-refractivity contribution in [3.8, 4) is 28.3 Å². The van der Waals surface area contributed by atoms with Crippen molar-refractivity contribution < 1.29 is 4.42 Å². The molecule has 0 bridgehead atoms. The van der Waals surface area contributed by atoms with Gasteiger partial charge in [-0.1, -0.05) is 146 Å². The van der Waals surface area contributed by atoms with Crippen LogP contribution in [-0.2, 0) is 0 Å². The summed E-state index contributed by atoms with van der Waals surface area (Å²) in [6.07, 6.45) is 4.51. The van der Waals surface area contributed by atoms with Crippen LogP contribution >= 0.6 is 0 Å². The number of furan rings is 1. The fraction of sp³-hybridized carbons (Fsp3) is 0.0400. The predicted octanol–water partition coefficient (Wildman–Crippen LogP) is 12.8. The predicted molar refractivity (Wildman–Crippen MR) is 224 cm³/mol. The van der Waals surface area contributed by atoms with Gasteiger partial charge in [0.1, 0.15) is 11.3 Å². The molecule has 0 amide bonds. The normalized spacial score (nSPS) is 15.9. The Morgan fingerprint density at radius 1 is 0.527 bits per heavy atom. The number of para-hydroxylation sites is 4. The van der Waals surface area contributed by atoms with E-state index in [9.17, 15) is 0 Å². The van der Waals surface area contributed by atoms with Gasteiger partial charge in [-0.15, -0.1) is 0 Å². The number of hydrogen-bond acceptors (Lipinski definition) is 4. The highest BCUT2D eigenvalue weighted by molar-refractivity contribution is 6.15. The van der Waals surface area contributed by atoms with Crippen LogP contribution in [0, 0.1) is 0 Å². The van der Waals surface area contributed by atoms with Gasteiger partial charge in [0.15, 0.2) is 0 Å². The minimum Gasteiger partial charge on any atom is -0.456 e. The molecule has 12 rings (SSSR count). The third-order valence-electron chi connectivity index (χ3n) is 11.6. The Morgan fingerprint density at radius 2 is 1.20 bits per heavy atom. The first-order valence-electron chi connectivity index (χ1n) is 18.8. The maximum Gasteiger partial charge on any atom is 0.235 e. The zero-order chi connectivity index (χ0) is 36.0. The second-order valence-electron chi connectivity index (χ2n) is 14.5. The Labute approximate surface area is 317 Å². The molecular weight excluding hydrogens is 673 g/mol. The number of benzene rings is 7. The molecule has 2 aliphatic rings. The monoisotopic (exact) mass is 704 g/mol. The molecule has 7 aromatic carbocycles. The van der Waals surface area contributed by atoms with Crippen molar-refractivity contribution in [3.05, 3.63) is 193 Å². The van der Waals surface area contributed by atoms with Crippen LogP contribution in [0.15, 0.2) is 180 Å². The van der Waals surface area contributed by atoms with Crippen LogP contribution in [0.25, 0.3) is 78.1 Å². The molecule has 0 radical (unpaired) electrons. The summed E-state index contributed by atoms with van der Waals surface area (Å²) < 4.78 is 8.81. The quantitative estimate of drug-likeness (QED) is 0.183. The molecular formula is C50H32N4O. The topological polar surface area (TPSA) is 47.1 Å². The summed E-state index contributed by atoms with van der Waals surface area (Å²) in [6, 6.07) is 60.2. The minimum absolute atomic E-state index is 0.00526. The van der Waals surface area contributed by atoms with Crippen molar-refractivity contribution >= 4 is 61.1 Å². The number of aromatic nitrogens is 3. The fourth-order valence-electron chi connectivity index (χ4n) is 9.19. The fourth-order valence-corrected chi connectivity index (χ4v) is 9.19. The first-order chi connectivity index (χ1) is 27.3. The van der Waals surface area contributed by atoms with Gasteiger partial charge in [-0.25, -0.2) is 9.97 Å². The van der Waals surface area contributed by atoms with Crippen molar-refractivity contribution in [2.75, 3.05) is 4.90 Å². The molecule has 258 valence electrons. The Morgan fingerprint density at radius 3 is 2.04 bits per heavy atom. The third-order valence-corrected chi connectivity index (χ3v) is 11.6. The average Bonchev–Trinajstić information content (AvgIpc) is 3.92. The molecule has 3 aromatic heterocycles. The number of nitrogens with zero attached hydrogens (tertiary/aromatic N) is 4. The zero-order valence-electron chi connectivity index (χ0n) is 29.7. The highest BCUT2D eigenvalue weighted by Crippen LogP contribution is 2.60. The smallest absolute Gasteiger partial charge is 0.235 e. The van der Waals surface area contributed by atoms with Crippen molar-refractivity contribution in [2.24, 2.45) is 0 Å². The molecule has 1 aliphatic carbocycles. The number of fused-ring (bicyclic) bond motifs is 12. The maximum absolute atomic E-state index is 6.50. The van der Waals surface area contributed by atoms with Crippen LogP contribution in [0.2, 0.25) is 0 Å². The van der Waals surface area contributed by atoms with E-state index in [1.54, 1.807) is 0 Å². The Kier molecular flexibility index (Phi) is 6.39. The molecule has 5 heteroatoms. The van der Waals surface area contributed by atoms with E-state index in [-0.39, 0.29) is 12.0 Å². The molecule has 0 spiro atoms. The first-order valence-corrected chi connectivity index (χ1v) is 18.8. The molecule has 0 N–H and O–H groups in total. The molecule has 0 saturated heterocycles. The maximum atomic E-state index is 6.50. The van der Waals surface area contributed by atoms with Gasteiger partial charge in [0.05, 0.1) is 34.0 Å². The summed E-state index contributed by atoms with van der Waals surface area (Å²) in [5, 5.41) is 4.51. The SMILES string of the molecule is C1=CC2c3ccc4c5ccccc5n(-c5nc(-c6ccc(-c7ccccc7)cc6)c6ccccc6n5)c4c3N(c3ccccc3)C2c2c1oc1ccccc21. The molecule has 5 nitrogen and oxygen atoms in total. The molecule has 0 saturated carbocycles. The second kappa shape index (κ2) is 11.6. The summed E-state index contributed by atoms with van der Waals surface area (Å²) >= 11 is 0. The summed E-state index contributed by atoms with van der Waals surface area (Å²) in [5.74, 6) is 1.68. The lowest BCUT2D eigenvalue weighted by atomic mass is 9.84. The summed E-state index contributed by atoms with van der Waals surface area (Å²) in [6.45, 7) is 0. The van der Waals surface area contributed by atoms with Gasteiger partial charge >= 0.3 is 0 Å². The standard InChI is InChI=1S/C50H32N4O/c1-3-13-31(14-4-1)32-23-25-33(26-24-32)46-39-18-7-10-20-41(39)51-50(52-46)54-42-21-11-8-17-35(42)36-27-28-38-37-29-30-44-45(40-19-9-12-22-43(40)55-44)47(37)53(48(38)49(36)54)34-15-5-2-6-16-34/h1-30,37,47H. The average molecular weight is 705 g/mol. The Bertz CT molecular complexity index is 3160. The Hall–Kier alpha value is -7.24. The Balaban J connectivity index is 1.14. The van der Waals surface area contributed by atoms with E-state index in [1.807, 2.05) is 6.07 Å². The van der Waals surface area contributed by atoms with E-state index in [0.717, 1.165) is 55.6 Å². The van der Waals surface area contributed by atoms with E-state index in [4.69, 9.17) is 14.4 Å². The van der Waals surface area contributed by atoms with Crippen molar-refractivity contribution in [1.29, 1.82) is 0 Å². The molecule has 2 atom stereocenters. The molecule has 1 aliphatic heterocycles.